The Balaban J connectivity index is 1.75. The number of carbonyl (C=O) groups excluding carboxylic acids is 1. The number of hydrogen-bond donors (Lipinski definition) is 1. The van der Waals surface area contributed by atoms with Gasteiger partial charge in [-0.15, -0.1) is 0 Å². The van der Waals surface area contributed by atoms with Crippen molar-refractivity contribution in [3.8, 4) is 11.5 Å². The summed E-state index contributed by atoms with van der Waals surface area (Å²) in [5.41, 5.74) is 3.29. The highest BCUT2D eigenvalue weighted by Gasteiger charge is 2.26. The van der Waals surface area contributed by atoms with Gasteiger partial charge in [-0.1, -0.05) is 30.3 Å². The molecule has 3 aromatic rings. The van der Waals surface area contributed by atoms with Crippen molar-refractivity contribution in [3.05, 3.63) is 94.0 Å². The summed E-state index contributed by atoms with van der Waals surface area (Å²) in [6.07, 6.45) is 1.61. The van der Waals surface area contributed by atoms with Gasteiger partial charge in [0.15, 0.2) is 5.75 Å². The van der Waals surface area contributed by atoms with Crippen LogP contribution in [-0.4, -0.2) is 57.1 Å². The molecule has 0 aromatic heterocycles. The van der Waals surface area contributed by atoms with Crippen LogP contribution in [0.3, 0.4) is 0 Å². The van der Waals surface area contributed by atoms with E-state index in [-0.39, 0.29) is 22.9 Å². The van der Waals surface area contributed by atoms with Crippen molar-refractivity contribution in [1.29, 1.82) is 0 Å². The molecule has 3 aromatic carbocycles. The summed E-state index contributed by atoms with van der Waals surface area (Å²) in [4.78, 5) is 23.2. The Morgan fingerprint density at radius 3 is 2.38 bits per heavy atom. The van der Waals surface area contributed by atoms with E-state index < -0.39 is 27.4 Å². The zero-order valence-corrected chi connectivity index (χ0v) is 21.1. The number of rotatable bonds is 12. The minimum atomic E-state index is -4.02. The number of nitrogens with zero attached hydrogens (tertiary/aromatic N) is 3. The van der Waals surface area contributed by atoms with Crippen molar-refractivity contribution in [2.45, 2.75) is 11.3 Å². The van der Waals surface area contributed by atoms with Crippen LogP contribution in [0.4, 0.5) is 5.69 Å². The zero-order chi connectivity index (χ0) is 26.8. The van der Waals surface area contributed by atoms with Gasteiger partial charge in [-0.05, 0) is 48.4 Å². The van der Waals surface area contributed by atoms with E-state index in [1.54, 1.807) is 0 Å². The van der Waals surface area contributed by atoms with Crippen LogP contribution in [0.25, 0.3) is 0 Å². The van der Waals surface area contributed by atoms with E-state index in [0.717, 1.165) is 9.87 Å². The number of carbonyl (C=O) groups is 1. The molecule has 0 saturated heterocycles. The summed E-state index contributed by atoms with van der Waals surface area (Å²) < 4.78 is 37.8. The lowest BCUT2D eigenvalue weighted by molar-refractivity contribution is -0.385. The summed E-state index contributed by atoms with van der Waals surface area (Å²) >= 11 is 0. The van der Waals surface area contributed by atoms with Crippen molar-refractivity contribution in [3.63, 3.8) is 0 Å². The molecule has 0 aliphatic heterocycles. The first-order chi connectivity index (χ1) is 17.7. The first kappa shape index (κ1) is 27.3. The van der Waals surface area contributed by atoms with Crippen molar-refractivity contribution >= 4 is 27.8 Å². The second-order valence-electron chi connectivity index (χ2n) is 7.73. The van der Waals surface area contributed by atoms with Crippen LogP contribution in [0, 0.1) is 10.1 Å². The molecule has 0 spiro atoms. The van der Waals surface area contributed by atoms with Crippen LogP contribution >= 0.6 is 0 Å². The molecule has 0 atom stereocenters. The predicted molar refractivity (Wildman–Crippen MR) is 137 cm³/mol. The second kappa shape index (κ2) is 12.6. The Bertz CT molecular complexity index is 1360. The smallest absolute Gasteiger partial charge is 0.311 e. The van der Waals surface area contributed by atoms with Crippen molar-refractivity contribution < 1.29 is 27.6 Å². The lowest BCUT2D eigenvalue weighted by Crippen LogP contribution is -2.40. The molecule has 0 radical (unpaired) electrons. The fraction of sp³-hybridized carbons (Fsp3) is 0.200. The number of nitro benzene ring substituents is 1. The van der Waals surface area contributed by atoms with Gasteiger partial charge < -0.3 is 9.47 Å². The SMILES string of the molecule is COc1ccc(S(=O)(=O)N(CCc2ccccc2)CC(=O)N/N=C\c2ccc(OC)c([N+](=O)[O-])c2)cc1. The molecular formula is C25H26N4O7S. The summed E-state index contributed by atoms with van der Waals surface area (Å²) in [5.74, 6) is -0.0889. The maximum Gasteiger partial charge on any atom is 0.311 e. The topological polar surface area (TPSA) is 140 Å². The molecule has 12 heteroatoms. The summed E-state index contributed by atoms with van der Waals surface area (Å²) in [6.45, 7) is -0.429. The van der Waals surface area contributed by atoms with E-state index in [9.17, 15) is 23.3 Å². The normalized spacial score (nSPS) is 11.4. The highest BCUT2D eigenvalue weighted by Crippen LogP contribution is 2.27. The Hall–Kier alpha value is -4.29. The van der Waals surface area contributed by atoms with Gasteiger partial charge in [0, 0.05) is 18.2 Å². The average molecular weight is 527 g/mol. The molecule has 0 saturated carbocycles. The molecule has 0 aliphatic carbocycles. The van der Waals surface area contributed by atoms with Gasteiger partial charge in [-0.3, -0.25) is 14.9 Å². The predicted octanol–water partition coefficient (Wildman–Crippen LogP) is 3.00. The lowest BCUT2D eigenvalue weighted by Gasteiger charge is -2.21. The number of hydrogen-bond acceptors (Lipinski definition) is 8. The van der Waals surface area contributed by atoms with Gasteiger partial charge in [-0.2, -0.15) is 9.41 Å². The van der Waals surface area contributed by atoms with E-state index in [1.807, 2.05) is 30.3 Å². The van der Waals surface area contributed by atoms with Crippen LogP contribution < -0.4 is 14.9 Å². The Morgan fingerprint density at radius 2 is 1.76 bits per heavy atom. The Morgan fingerprint density at radius 1 is 1.05 bits per heavy atom. The largest absolute Gasteiger partial charge is 0.497 e. The maximum absolute atomic E-state index is 13.3. The molecule has 0 fully saturated rings. The molecule has 0 unspecified atom stereocenters. The summed E-state index contributed by atoms with van der Waals surface area (Å²) in [7, 11) is -1.22. The standard InChI is InChI=1S/C25H26N4O7S/c1-35-21-9-11-22(12-10-21)37(33,34)28(15-14-19-6-4-3-5-7-19)18-25(30)27-26-17-20-8-13-24(36-2)23(16-20)29(31)32/h3-13,16-17H,14-15,18H2,1-2H3,(H,27,30)/b26-17-. The van der Waals surface area contributed by atoms with Gasteiger partial charge in [0.1, 0.15) is 5.75 Å². The Kier molecular flexibility index (Phi) is 9.30. The minimum Gasteiger partial charge on any atom is -0.497 e. The molecule has 0 bridgehead atoms. The Labute approximate surface area is 214 Å². The average Bonchev–Trinajstić information content (AvgIpc) is 2.91. The number of ether oxygens (including phenoxy) is 2. The quantitative estimate of drug-likeness (QED) is 0.217. The highest BCUT2D eigenvalue weighted by molar-refractivity contribution is 7.89. The van der Waals surface area contributed by atoms with E-state index in [2.05, 4.69) is 10.5 Å². The van der Waals surface area contributed by atoms with Crippen LogP contribution in [0.15, 0.2) is 82.8 Å². The monoisotopic (exact) mass is 526 g/mol. The number of hydrazone groups is 1. The highest BCUT2D eigenvalue weighted by atomic mass is 32.2. The maximum atomic E-state index is 13.3. The molecule has 1 N–H and O–H groups in total. The van der Waals surface area contributed by atoms with Crippen LogP contribution in [0.5, 0.6) is 11.5 Å². The molecular weight excluding hydrogens is 500 g/mol. The number of methoxy groups -OCH3 is 2. The van der Waals surface area contributed by atoms with Crippen molar-refractivity contribution in [2.24, 2.45) is 5.10 Å². The first-order valence-electron chi connectivity index (χ1n) is 11.1. The third kappa shape index (κ3) is 7.35. The fourth-order valence-electron chi connectivity index (χ4n) is 3.38. The van der Waals surface area contributed by atoms with Crippen LogP contribution in [0.1, 0.15) is 11.1 Å². The molecule has 3 rings (SSSR count). The number of sulfonamides is 1. The van der Waals surface area contributed by atoms with Crippen LogP contribution in [-0.2, 0) is 21.2 Å². The van der Waals surface area contributed by atoms with Crippen molar-refractivity contribution in [2.75, 3.05) is 27.3 Å². The number of benzene rings is 3. The molecule has 11 nitrogen and oxygen atoms in total. The molecule has 194 valence electrons. The van der Waals surface area contributed by atoms with Gasteiger partial charge in [-0.25, -0.2) is 13.8 Å². The number of nitro groups is 1. The zero-order valence-electron chi connectivity index (χ0n) is 20.2. The molecule has 0 heterocycles. The van der Waals surface area contributed by atoms with Gasteiger partial charge in [0.05, 0.1) is 36.8 Å². The third-order valence-electron chi connectivity index (χ3n) is 5.31. The summed E-state index contributed by atoms with van der Waals surface area (Å²) in [6, 6.07) is 19.4. The van der Waals surface area contributed by atoms with Gasteiger partial charge in [0.2, 0.25) is 10.0 Å². The minimum absolute atomic E-state index is 0.0169. The van der Waals surface area contributed by atoms with E-state index in [1.165, 1.54) is 62.9 Å². The fourth-order valence-corrected chi connectivity index (χ4v) is 4.78. The van der Waals surface area contributed by atoms with Crippen LogP contribution in [0.2, 0.25) is 0 Å². The molecule has 0 aliphatic rings. The van der Waals surface area contributed by atoms with Crippen molar-refractivity contribution in [1.82, 2.24) is 9.73 Å². The van der Waals surface area contributed by atoms with E-state index in [4.69, 9.17) is 9.47 Å². The van der Waals surface area contributed by atoms with E-state index >= 15 is 0 Å². The third-order valence-corrected chi connectivity index (χ3v) is 7.17. The number of amides is 1. The molecule has 37 heavy (non-hydrogen) atoms. The summed E-state index contributed by atoms with van der Waals surface area (Å²) in [5, 5.41) is 15.0. The second-order valence-corrected chi connectivity index (χ2v) is 9.67. The van der Waals surface area contributed by atoms with Gasteiger partial charge >= 0.3 is 5.69 Å². The lowest BCUT2D eigenvalue weighted by atomic mass is 10.1. The molecule has 1 amide bonds. The number of nitrogens with one attached hydrogen (secondary N) is 1. The van der Waals surface area contributed by atoms with Gasteiger partial charge in [0.25, 0.3) is 5.91 Å². The first-order valence-corrected chi connectivity index (χ1v) is 12.5. The van der Waals surface area contributed by atoms with E-state index in [0.29, 0.717) is 17.7 Å².